The Hall–Kier alpha value is -1.88. The molecule has 1 aliphatic carbocycles. The van der Waals surface area contributed by atoms with Crippen LogP contribution in [0.1, 0.15) is 23.5 Å². The van der Waals surface area contributed by atoms with Crippen LogP contribution in [0.5, 0.6) is 0 Å². The third kappa shape index (κ3) is 2.82. The Balaban J connectivity index is 1.54. The van der Waals surface area contributed by atoms with Crippen molar-refractivity contribution >= 4 is 17.6 Å². The number of rotatable bonds is 4. The maximum Gasteiger partial charge on any atom is 0.309 e. The van der Waals surface area contributed by atoms with Crippen LogP contribution in [0.2, 0.25) is 5.15 Å². The maximum absolute atomic E-state index is 12.0. The minimum Gasteiger partial charge on any atom is -0.461 e. The highest BCUT2D eigenvalue weighted by Gasteiger charge is 2.45. The number of pyridine rings is 1. The number of halogens is 1. The van der Waals surface area contributed by atoms with Crippen LogP contribution in [0.25, 0.3) is 0 Å². The molecule has 0 spiro atoms. The SMILES string of the molecule is Cn1cc([C@@H]2C[C@@H]2C(=O)OCc2ccnc(Cl)c2)cn1. The molecule has 2 heterocycles. The first-order valence-electron chi connectivity index (χ1n) is 6.39. The Morgan fingerprint density at radius 1 is 1.60 bits per heavy atom. The van der Waals surface area contributed by atoms with Crippen LogP contribution in [-0.2, 0) is 23.2 Å². The van der Waals surface area contributed by atoms with E-state index in [2.05, 4.69) is 10.1 Å². The van der Waals surface area contributed by atoms with E-state index in [1.807, 2.05) is 13.2 Å². The summed E-state index contributed by atoms with van der Waals surface area (Å²) in [6.07, 6.45) is 6.18. The molecule has 2 aromatic heterocycles. The predicted molar refractivity (Wildman–Crippen MR) is 73.1 cm³/mol. The van der Waals surface area contributed by atoms with Gasteiger partial charge < -0.3 is 4.74 Å². The Labute approximate surface area is 121 Å². The van der Waals surface area contributed by atoms with Crippen molar-refractivity contribution in [1.29, 1.82) is 0 Å². The van der Waals surface area contributed by atoms with Gasteiger partial charge in [-0.25, -0.2) is 4.98 Å². The van der Waals surface area contributed by atoms with Gasteiger partial charge in [-0.2, -0.15) is 5.10 Å². The van der Waals surface area contributed by atoms with E-state index in [0.29, 0.717) is 5.15 Å². The third-order valence-corrected chi connectivity index (χ3v) is 3.62. The third-order valence-electron chi connectivity index (χ3n) is 3.42. The van der Waals surface area contributed by atoms with Gasteiger partial charge in [-0.15, -0.1) is 0 Å². The molecule has 0 unspecified atom stereocenters. The number of carbonyl (C=O) groups is 1. The summed E-state index contributed by atoms with van der Waals surface area (Å²) in [4.78, 5) is 15.8. The number of esters is 1. The lowest BCUT2D eigenvalue weighted by Crippen LogP contribution is -2.08. The summed E-state index contributed by atoms with van der Waals surface area (Å²) < 4.78 is 7.06. The van der Waals surface area contributed by atoms with Gasteiger partial charge in [0.05, 0.1) is 12.1 Å². The Morgan fingerprint density at radius 2 is 2.45 bits per heavy atom. The van der Waals surface area contributed by atoms with Crippen LogP contribution in [0.4, 0.5) is 0 Å². The molecule has 0 saturated heterocycles. The molecule has 0 aromatic carbocycles. The normalized spacial score (nSPS) is 20.7. The highest BCUT2D eigenvalue weighted by molar-refractivity contribution is 6.29. The minimum atomic E-state index is -0.160. The molecule has 0 aliphatic heterocycles. The lowest BCUT2D eigenvalue weighted by Gasteiger charge is -2.04. The van der Waals surface area contributed by atoms with Crippen LogP contribution in [0.3, 0.4) is 0 Å². The number of hydrogen-bond donors (Lipinski definition) is 0. The quantitative estimate of drug-likeness (QED) is 0.641. The fraction of sp³-hybridized carbons (Fsp3) is 0.357. The van der Waals surface area contributed by atoms with E-state index >= 15 is 0 Å². The Morgan fingerprint density at radius 3 is 3.15 bits per heavy atom. The van der Waals surface area contributed by atoms with Gasteiger partial charge in [-0.1, -0.05) is 11.6 Å². The van der Waals surface area contributed by atoms with E-state index in [9.17, 15) is 4.79 Å². The van der Waals surface area contributed by atoms with Gasteiger partial charge in [0, 0.05) is 25.4 Å². The molecule has 1 saturated carbocycles. The fourth-order valence-corrected chi connectivity index (χ4v) is 2.45. The van der Waals surface area contributed by atoms with E-state index in [-0.39, 0.29) is 24.4 Å². The second kappa shape index (κ2) is 5.25. The molecule has 0 bridgehead atoms. The van der Waals surface area contributed by atoms with Crippen LogP contribution < -0.4 is 0 Å². The van der Waals surface area contributed by atoms with E-state index < -0.39 is 0 Å². The van der Waals surface area contributed by atoms with Crippen molar-refractivity contribution in [2.24, 2.45) is 13.0 Å². The molecule has 6 heteroatoms. The molecule has 0 amide bonds. The predicted octanol–water partition coefficient (Wildman–Crippen LogP) is 2.32. The van der Waals surface area contributed by atoms with Gasteiger partial charge in [-0.05, 0) is 29.7 Å². The summed E-state index contributed by atoms with van der Waals surface area (Å²) >= 11 is 5.78. The van der Waals surface area contributed by atoms with Crippen molar-refractivity contribution in [3.63, 3.8) is 0 Å². The molecule has 5 nitrogen and oxygen atoms in total. The number of aromatic nitrogens is 3. The van der Waals surface area contributed by atoms with Crippen molar-refractivity contribution in [2.75, 3.05) is 0 Å². The van der Waals surface area contributed by atoms with Crippen LogP contribution in [-0.4, -0.2) is 20.7 Å². The molecular weight excluding hydrogens is 278 g/mol. The van der Waals surface area contributed by atoms with Gasteiger partial charge in [-0.3, -0.25) is 9.48 Å². The van der Waals surface area contributed by atoms with Gasteiger partial charge in [0.2, 0.25) is 0 Å². The number of ether oxygens (including phenoxy) is 1. The Bertz CT molecular complexity index is 641. The summed E-state index contributed by atoms with van der Waals surface area (Å²) in [5.41, 5.74) is 1.94. The minimum absolute atomic E-state index is 0.0449. The first kappa shape index (κ1) is 13.1. The highest BCUT2D eigenvalue weighted by atomic mass is 35.5. The summed E-state index contributed by atoms with van der Waals surface area (Å²) in [5.74, 6) is 0.0422. The average Bonchev–Trinajstić information content (AvgIpc) is 3.12. The zero-order chi connectivity index (χ0) is 14.1. The fourth-order valence-electron chi connectivity index (χ4n) is 2.25. The molecular formula is C14H14ClN3O2. The first-order valence-corrected chi connectivity index (χ1v) is 6.77. The molecule has 1 fully saturated rings. The molecule has 0 radical (unpaired) electrons. The molecule has 20 heavy (non-hydrogen) atoms. The van der Waals surface area contributed by atoms with Crippen LogP contribution >= 0.6 is 11.6 Å². The van der Waals surface area contributed by atoms with Gasteiger partial charge in [0.15, 0.2) is 0 Å². The van der Waals surface area contributed by atoms with Gasteiger partial charge >= 0.3 is 5.97 Å². The zero-order valence-electron chi connectivity index (χ0n) is 11.0. The number of nitrogens with zero attached hydrogens (tertiary/aromatic N) is 3. The Kier molecular flexibility index (Phi) is 3.44. The lowest BCUT2D eigenvalue weighted by molar-refractivity contribution is -0.146. The van der Waals surface area contributed by atoms with Gasteiger partial charge in [0.1, 0.15) is 11.8 Å². The average molecular weight is 292 g/mol. The lowest BCUT2D eigenvalue weighted by atomic mass is 10.2. The second-order valence-corrected chi connectivity index (χ2v) is 5.38. The number of carbonyl (C=O) groups excluding carboxylic acids is 1. The first-order chi connectivity index (χ1) is 9.63. The van der Waals surface area contributed by atoms with E-state index in [1.165, 1.54) is 0 Å². The van der Waals surface area contributed by atoms with Crippen molar-refractivity contribution < 1.29 is 9.53 Å². The standard InChI is InChI=1S/C14H14ClN3O2/c1-18-7-10(6-17-18)11-5-12(11)14(19)20-8-9-2-3-16-13(15)4-9/h2-4,6-7,11-12H,5,8H2,1H3/t11-,12-/m0/s1. The van der Waals surface area contributed by atoms with Crippen molar-refractivity contribution in [3.05, 3.63) is 47.0 Å². The second-order valence-electron chi connectivity index (χ2n) is 4.99. The van der Waals surface area contributed by atoms with Gasteiger partial charge in [0.25, 0.3) is 0 Å². The monoisotopic (exact) mass is 291 g/mol. The van der Waals surface area contributed by atoms with E-state index in [1.54, 1.807) is 29.2 Å². The number of hydrogen-bond acceptors (Lipinski definition) is 4. The largest absolute Gasteiger partial charge is 0.461 e. The summed E-state index contributed by atoms with van der Waals surface area (Å²) in [7, 11) is 1.87. The van der Waals surface area contributed by atoms with Crippen molar-refractivity contribution in [2.45, 2.75) is 18.9 Å². The molecule has 2 aromatic rings. The summed E-state index contributed by atoms with van der Waals surface area (Å²) in [6.45, 7) is 0.233. The highest BCUT2D eigenvalue weighted by Crippen LogP contribution is 2.48. The van der Waals surface area contributed by atoms with Crippen molar-refractivity contribution in [1.82, 2.24) is 14.8 Å². The molecule has 1 aliphatic rings. The molecule has 2 atom stereocenters. The summed E-state index contributed by atoms with van der Waals surface area (Å²) in [5, 5.41) is 4.52. The van der Waals surface area contributed by atoms with E-state index in [4.69, 9.17) is 16.3 Å². The van der Waals surface area contributed by atoms with Crippen molar-refractivity contribution in [3.8, 4) is 0 Å². The smallest absolute Gasteiger partial charge is 0.309 e. The topological polar surface area (TPSA) is 57.0 Å². The summed E-state index contributed by atoms with van der Waals surface area (Å²) in [6, 6.07) is 3.48. The van der Waals surface area contributed by atoms with Crippen LogP contribution in [0, 0.1) is 5.92 Å². The molecule has 3 rings (SSSR count). The van der Waals surface area contributed by atoms with E-state index in [0.717, 1.165) is 17.5 Å². The molecule has 104 valence electrons. The van der Waals surface area contributed by atoms with Crippen LogP contribution in [0.15, 0.2) is 30.7 Å². The molecule has 0 N–H and O–H groups in total. The number of aryl methyl sites for hydroxylation is 1. The zero-order valence-corrected chi connectivity index (χ0v) is 11.7. The maximum atomic E-state index is 12.0.